The lowest BCUT2D eigenvalue weighted by Crippen LogP contribution is -2.12. The summed E-state index contributed by atoms with van der Waals surface area (Å²) in [4.78, 5) is 5.16. The Morgan fingerprint density at radius 3 is 2.53 bits per heavy atom. The second kappa shape index (κ2) is 11.3. The van der Waals surface area contributed by atoms with Crippen LogP contribution in [0.3, 0.4) is 0 Å². The maximum atomic E-state index is 11.1. The van der Waals surface area contributed by atoms with Crippen molar-refractivity contribution in [2.24, 2.45) is 11.8 Å². The van der Waals surface area contributed by atoms with E-state index in [1.807, 2.05) is 31.2 Å². The molecule has 0 spiro atoms. The van der Waals surface area contributed by atoms with E-state index in [9.17, 15) is 5.11 Å². The van der Waals surface area contributed by atoms with Crippen LogP contribution in [-0.2, 0) is 19.3 Å². The van der Waals surface area contributed by atoms with Crippen LogP contribution in [-0.4, -0.2) is 15.8 Å². The van der Waals surface area contributed by atoms with Gasteiger partial charge in [-0.2, -0.15) is 0 Å². The van der Waals surface area contributed by atoms with Gasteiger partial charge < -0.3 is 5.11 Å². The number of aliphatic hydroxyl groups excluding tert-OH is 1. The highest BCUT2D eigenvalue weighted by atomic mass is 35.5. The zero-order chi connectivity index (χ0) is 26.8. The summed E-state index contributed by atoms with van der Waals surface area (Å²) in [5, 5.41) is 20.6. The van der Waals surface area contributed by atoms with Gasteiger partial charge in [0.25, 0.3) is 0 Å². The van der Waals surface area contributed by atoms with Crippen LogP contribution in [0.5, 0.6) is 0 Å². The first kappa shape index (κ1) is 26.4. The molecule has 2 saturated carbocycles. The molecule has 1 aromatic heterocycles. The molecule has 5 rings (SSSR count). The molecule has 2 N–H and O–H groups in total. The first-order chi connectivity index (χ1) is 18.3. The fraction of sp³-hybridized carbons (Fsp3) is 0.353. The zero-order valence-corrected chi connectivity index (χ0v) is 23.2. The van der Waals surface area contributed by atoms with E-state index in [4.69, 9.17) is 22.0 Å². The van der Waals surface area contributed by atoms with E-state index in [-0.39, 0.29) is 5.92 Å². The summed E-state index contributed by atoms with van der Waals surface area (Å²) in [6.45, 7) is 8.07. The summed E-state index contributed by atoms with van der Waals surface area (Å²) >= 11 is 6.51. The molecule has 0 atom stereocenters. The summed E-state index contributed by atoms with van der Waals surface area (Å²) in [5.74, 6) is 1.27. The predicted octanol–water partition coefficient (Wildman–Crippen LogP) is 8.76. The SMILES string of the molecule is C=Cc1ccc(C)c(Cc2ccc(CC/C(C(=N)c3c(C)cccc3Cl)=C(/O)C3CC3)nc2CC2CC2)c1. The van der Waals surface area contributed by atoms with E-state index in [1.165, 1.54) is 35.2 Å². The van der Waals surface area contributed by atoms with Crippen LogP contribution in [0.1, 0.15) is 76.9 Å². The van der Waals surface area contributed by atoms with Gasteiger partial charge in [0.05, 0.1) is 10.7 Å². The lowest BCUT2D eigenvalue weighted by Gasteiger charge is -2.17. The highest BCUT2D eigenvalue weighted by Crippen LogP contribution is 2.39. The third kappa shape index (κ3) is 6.10. The summed E-state index contributed by atoms with van der Waals surface area (Å²) < 4.78 is 0. The molecule has 3 aromatic rings. The Balaban J connectivity index is 1.40. The Morgan fingerprint density at radius 2 is 1.84 bits per heavy atom. The highest BCUT2D eigenvalue weighted by molar-refractivity contribution is 6.35. The average Bonchev–Trinajstić information content (AvgIpc) is 3.81. The summed E-state index contributed by atoms with van der Waals surface area (Å²) in [5.41, 5.74) is 9.96. The van der Waals surface area contributed by atoms with Gasteiger partial charge in [0.2, 0.25) is 0 Å². The van der Waals surface area contributed by atoms with Gasteiger partial charge in [-0.1, -0.05) is 60.7 Å². The molecule has 0 saturated heterocycles. The molecular formula is C34H37ClN2O. The molecule has 0 bridgehead atoms. The number of aromatic nitrogens is 1. The van der Waals surface area contributed by atoms with Gasteiger partial charge in [0.1, 0.15) is 5.76 Å². The number of nitrogens with zero attached hydrogens (tertiary/aromatic N) is 1. The number of hydrogen-bond acceptors (Lipinski definition) is 3. The van der Waals surface area contributed by atoms with Gasteiger partial charge in [0, 0.05) is 28.4 Å². The molecule has 0 radical (unpaired) electrons. The third-order valence-electron chi connectivity index (χ3n) is 7.97. The van der Waals surface area contributed by atoms with Gasteiger partial charge in [-0.15, -0.1) is 0 Å². The first-order valence-electron chi connectivity index (χ1n) is 13.8. The van der Waals surface area contributed by atoms with E-state index in [2.05, 4.69) is 43.8 Å². The Bertz CT molecular complexity index is 1390. The number of pyridine rings is 1. The Hall–Kier alpha value is -3.17. The molecule has 38 heavy (non-hydrogen) atoms. The summed E-state index contributed by atoms with van der Waals surface area (Å²) in [6.07, 6.45) is 9.58. The quantitative estimate of drug-likeness (QED) is 0.194. The molecule has 0 unspecified atom stereocenters. The van der Waals surface area contributed by atoms with E-state index >= 15 is 0 Å². The van der Waals surface area contributed by atoms with Crippen LogP contribution >= 0.6 is 11.6 Å². The predicted molar refractivity (Wildman–Crippen MR) is 158 cm³/mol. The van der Waals surface area contributed by atoms with Gasteiger partial charge in [-0.25, -0.2) is 0 Å². The fourth-order valence-electron chi connectivity index (χ4n) is 5.20. The van der Waals surface area contributed by atoms with Crippen molar-refractivity contribution in [1.82, 2.24) is 4.98 Å². The molecule has 1 heterocycles. The van der Waals surface area contributed by atoms with Crippen molar-refractivity contribution < 1.29 is 5.11 Å². The second-order valence-corrected chi connectivity index (χ2v) is 11.5. The van der Waals surface area contributed by atoms with Crippen molar-refractivity contribution in [3.05, 3.63) is 116 Å². The Morgan fingerprint density at radius 1 is 1.05 bits per heavy atom. The maximum absolute atomic E-state index is 11.1. The largest absolute Gasteiger partial charge is 0.512 e. The molecule has 2 aliphatic rings. The molecule has 2 aromatic carbocycles. The monoisotopic (exact) mass is 524 g/mol. The minimum absolute atomic E-state index is 0.170. The minimum Gasteiger partial charge on any atom is -0.512 e. The zero-order valence-electron chi connectivity index (χ0n) is 22.5. The van der Waals surface area contributed by atoms with Crippen LogP contribution in [0.4, 0.5) is 0 Å². The molecule has 196 valence electrons. The normalized spacial score (nSPS) is 15.8. The number of hydrogen-bond donors (Lipinski definition) is 2. The summed E-state index contributed by atoms with van der Waals surface area (Å²) in [6, 6.07) is 16.6. The maximum Gasteiger partial charge on any atom is 0.101 e. The Labute approximate surface area is 231 Å². The van der Waals surface area contributed by atoms with Crippen molar-refractivity contribution in [3.8, 4) is 0 Å². The van der Waals surface area contributed by atoms with Gasteiger partial charge in [-0.05, 0) is 111 Å². The molecule has 4 heteroatoms. The van der Waals surface area contributed by atoms with Crippen LogP contribution in [0.25, 0.3) is 6.08 Å². The second-order valence-electron chi connectivity index (χ2n) is 11.1. The third-order valence-corrected chi connectivity index (χ3v) is 8.29. The fourth-order valence-corrected chi connectivity index (χ4v) is 5.51. The highest BCUT2D eigenvalue weighted by Gasteiger charge is 2.30. The van der Waals surface area contributed by atoms with Crippen molar-refractivity contribution in [2.45, 2.75) is 65.2 Å². The summed E-state index contributed by atoms with van der Waals surface area (Å²) in [7, 11) is 0. The number of aliphatic hydroxyl groups is 1. The van der Waals surface area contributed by atoms with Gasteiger partial charge in [0.15, 0.2) is 0 Å². The van der Waals surface area contributed by atoms with Gasteiger partial charge in [-0.3, -0.25) is 10.4 Å². The standard InChI is InChI=1S/C34H37ClN2O/c1-4-23-9-8-21(2)27(18-23)20-26-14-15-28(37-31(26)19-24-10-11-24)16-17-29(34(38)25-12-13-25)33(36)32-22(3)6-5-7-30(32)35/h4-9,14-15,18,24-25,36,38H,1,10-13,16-17,19-20H2,2-3H3/b34-29-,36-33?. The van der Waals surface area contributed by atoms with E-state index in [1.54, 1.807) is 0 Å². The number of nitrogens with one attached hydrogen (secondary N) is 1. The molecular weight excluding hydrogens is 488 g/mol. The molecule has 0 amide bonds. The Kier molecular flexibility index (Phi) is 7.85. The number of aryl methyl sites for hydroxylation is 3. The van der Waals surface area contributed by atoms with E-state index in [0.717, 1.165) is 48.4 Å². The van der Waals surface area contributed by atoms with Crippen LogP contribution in [0.15, 0.2) is 66.4 Å². The molecule has 3 nitrogen and oxygen atoms in total. The smallest absolute Gasteiger partial charge is 0.101 e. The van der Waals surface area contributed by atoms with Crippen molar-refractivity contribution >= 4 is 23.4 Å². The lowest BCUT2D eigenvalue weighted by molar-refractivity contribution is 0.373. The van der Waals surface area contributed by atoms with Gasteiger partial charge >= 0.3 is 0 Å². The van der Waals surface area contributed by atoms with E-state index in [0.29, 0.717) is 40.5 Å². The van der Waals surface area contributed by atoms with Crippen molar-refractivity contribution in [1.29, 1.82) is 5.41 Å². The molecule has 0 aliphatic heterocycles. The number of benzene rings is 2. The topological polar surface area (TPSA) is 57.0 Å². The first-order valence-corrected chi connectivity index (χ1v) is 14.2. The minimum atomic E-state index is 0.170. The van der Waals surface area contributed by atoms with Crippen LogP contribution in [0.2, 0.25) is 5.02 Å². The van der Waals surface area contributed by atoms with Crippen LogP contribution in [0, 0.1) is 31.1 Å². The van der Waals surface area contributed by atoms with E-state index < -0.39 is 0 Å². The molecule has 2 fully saturated rings. The molecule has 2 aliphatic carbocycles. The number of halogens is 1. The average molecular weight is 525 g/mol. The number of rotatable bonds is 11. The lowest BCUT2D eigenvalue weighted by atomic mass is 9.92. The number of allylic oxidation sites excluding steroid dienone is 2. The van der Waals surface area contributed by atoms with Crippen LogP contribution < -0.4 is 0 Å². The van der Waals surface area contributed by atoms with Crippen molar-refractivity contribution in [2.75, 3.05) is 0 Å². The van der Waals surface area contributed by atoms with Crippen molar-refractivity contribution in [3.63, 3.8) is 0 Å².